The van der Waals surface area contributed by atoms with Crippen molar-refractivity contribution in [2.75, 3.05) is 0 Å². The Bertz CT molecular complexity index is 693. The fourth-order valence-electron chi connectivity index (χ4n) is 1.92. The molecular weight excluding hydrogens is 258 g/mol. The monoisotopic (exact) mass is 275 g/mol. The lowest BCUT2D eigenvalue weighted by atomic mass is 10.2. The third-order valence-electron chi connectivity index (χ3n) is 3.21. The van der Waals surface area contributed by atoms with E-state index in [2.05, 4.69) is 21.2 Å². The summed E-state index contributed by atoms with van der Waals surface area (Å²) >= 11 is 1.55. The maximum absolute atomic E-state index is 12.1. The van der Waals surface area contributed by atoms with E-state index in [9.17, 15) is 4.79 Å². The van der Waals surface area contributed by atoms with Crippen LogP contribution in [0.5, 0.6) is 0 Å². The molecule has 0 amide bonds. The van der Waals surface area contributed by atoms with Gasteiger partial charge in [0.15, 0.2) is 0 Å². The molecule has 0 aromatic carbocycles. The summed E-state index contributed by atoms with van der Waals surface area (Å²) in [5.41, 5.74) is 0.945. The Hall–Kier alpha value is -1.64. The zero-order valence-electron chi connectivity index (χ0n) is 11.3. The quantitative estimate of drug-likeness (QED) is 0.840. The molecule has 0 aliphatic carbocycles. The van der Waals surface area contributed by atoms with Gasteiger partial charge in [0.1, 0.15) is 10.7 Å². The number of aromatic nitrogens is 2. The average molecular weight is 275 g/mol. The summed E-state index contributed by atoms with van der Waals surface area (Å²) in [6, 6.07) is 0.00723. The van der Waals surface area contributed by atoms with E-state index in [1.165, 1.54) is 0 Å². The van der Waals surface area contributed by atoms with Gasteiger partial charge in [-0.3, -0.25) is 10.1 Å². The number of aromatic amines is 1. The summed E-state index contributed by atoms with van der Waals surface area (Å²) in [7, 11) is 0. The lowest BCUT2D eigenvalue weighted by Gasteiger charge is -2.09. The van der Waals surface area contributed by atoms with E-state index in [0.29, 0.717) is 17.8 Å². The minimum atomic E-state index is -0.0718. The van der Waals surface area contributed by atoms with Crippen LogP contribution in [0.25, 0.3) is 10.2 Å². The molecule has 19 heavy (non-hydrogen) atoms. The Morgan fingerprint density at radius 2 is 2.26 bits per heavy atom. The largest absolute Gasteiger partial charge is 0.309 e. The number of H-pyrrole nitrogens is 1. The van der Waals surface area contributed by atoms with Crippen LogP contribution in [-0.2, 0) is 6.54 Å². The van der Waals surface area contributed by atoms with Crippen LogP contribution in [0.1, 0.15) is 29.6 Å². The van der Waals surface area contributed by atoms with E-state index >= 15 is 0 Å². The zero-order valence-corrected chi connectivity index (χ0v) is 12.1. The van der Waals surface area contributed by atoms with Crippen molar-refractivity contribution in [3.63, 3.8) is 0 Å². The van der Waals surface area contributed by atoms with Crippen molar-refractivity contribution in [3.8, 4) is 12.3 Å². The van der Waals surface area contributed by atoms with E-state index in [1.54, 1.807) is 11.3 Å². The molecular formula is C14H17N3OS. The first kappa shape index (κ1) is 13.8. The molecule has 2 rings (SSSR count). The average Bonchev–Trinajstić information content (AvgIpc) is 2.66. The number of rotatable bonds is 4. The summed E-state index contributed by atoms with van der Waals surface area (Å²) in [5.74, 6) is 3.29. The molecule has 0 spiro atoms. The molecule has 1 atom stereocenters. The lowest BCUT2D eigenvalue weighted by Crippen LogP contribution is -2.28. The molecule has 0 fully saturated rings. The molecule has 0 aliphatic heterocycles. The summed E-state index contributed by atoms with van der Waals surface area (Å²) < 4.78 is 0. The number of nitrogens with one attached hydrogen (secondary N) is 2. The molecule has 0 aliphatic rings. The van der Waals surface area contributed by atoms with Crippen molar-refractivity contribution < 1.29 is 0 Å². The number of hydrogen-bond acceptors (Lipinski definition) is 4. The van der Waals surface area contributed by atoms with Gasteiger partial charge < -0.3 is 4.98 Å². The molecule has 0 saturated carbocycles. The number of nitrogens with zero attached hydrogens (tertiary/aromatic N) is 1. The van der Waals surface area contributed by atoms with Crippen LogP contribution >= 0.6 is 11.3 Å². The van der Waals surface area contributed by atoms with Gasteiger partial charge >= 0.3 is 0 Å². The van der Waals surface area contributed by atoms with Crippen LogP contribution in [0.2, 0.25) is 0 Å². The highest BCUT2D eigenvalue weighted by Crippen LogP contribution is 2.25. The molecule has 2 aromatic heterocycles. The predicted molar refractivity (Wildman–Crippen MR) is 79.5 cm³/mol. The normalized spacial score (nSPS) is 12.5. The van der Waals surface area contributed by atoms with Crippen LogP contribution in [-0.4, -0.2) is 16.0 Å². The topological polar surface area (TPSA) is 57.8 Å². The first-order chi connectivity index (χ1) is 9.06. The Labute approximate surface area is 116 Å². The highest BCUT2D eigenvalue weighted by Gasteiger charge is 2.12. The minimum absolute atomic E-state index is 0.00723. The van der Waals surface area contributed by atoms with Crippen LogP contribution in [0.3, 0.4) is 0 Å². The number of hydrogen-bond donors (Lipinski definition) is 2. The molecule has 1 unspecified atom stereocenters. The van der Waals surface area contributed by atoms with Crippen molar-refractivity contribution in [2.24, 2.45) is 0 Å². The van der Waals surface area contributed by atoms with Crippen molar-refractivity contribution >= 4 is 21.6 Å². The van der Waals surface area contributed by atoms with Crippen molar-refractivity contribution in [3.05, 3.63) is 26.6 Å². The number of fused-ring (bicyclic) bond motifs is 1. The second-order valence-electron chi connectivity index (χ2n) is 4.48. The fraction of sp³-hybridized carbons (Fsp3) is 0.429. The lowest BCUT2D eigenvalue weighted by molar-refractivity contribution is 0.577. The van der Waals surface area contributed by atoms with Crippen molar-refractivity contribution in [1.82, 2.24) is 15.3 Å². The van der Waals surface area contributed by atoms with Gasteiger partial charge in [-0.2, -0.15) is 0 Å². The molecule has 0 saturated heterocycles. The maximum Gasteiger partial charge on any atom is 0.259 e. The van der Waals surface area contributed by atoms with Gasteiger partial charge in [0.2, 0.25) is 0 Å². The van der Waals surface area contributed by atoms with Gasteiger partial charge in [0, 0.05) is 4.88 Å². The summed E-state index contributed by atoms with van der Waals surface area (Å²) in [6.45, 7) is 6.45. The van der Waals surface area contributed by atoms with Gasteiger partial charge in [-0.25, -0.2) is 4.98 Å². The number of thiophene rings is 1. The molecule has 4 nitrogen and oxygen atoms in total. The van der Waals surface area contributed by atoms with E-state index in [4.69, 9.17) is 6.42 Å². The Balaban J connectivity index is 2.32. The van der Waals surface area contributed by atoms with Gasteiger partial charge in [0.25, 0.3) is 5.56 Å². The maximum atomic E-state index is 12.1. The third-order valence-corrected chi connectivity index (χ3v) is 4.31. The standard InChI is InChI=1S/C14H17N3OS/c1-5-10(6-2)15-7-11-16-13(18)12-8(3)9(4)19-14(12)17-11/h1,10,15H,6-7H2,2-4H3,(H,16,17,18). The van der Waals surface area contributed by atoms with Gasteiger partial charge in [-0.15, -0.1) is 17.8 Å². The summed E-state index contributed by atoms with van der Waals surface area (Å²) in [5, 5.41) is 3.89. The van der Waals surface area contributed by atoms with Gasteiger partial charge in [-0.05, 0) is 25.8 Å². The van der Waals surface area contributed by atoms with E-state index < -0.39 is 0 Å². The molecule has 100 valence electrons. The zero-order chi connectivity index (χ0) is 14.0. The Kier molecular flexibility index (Phi) is 4.03. The highest BCUT2D eigenvalue weighted by molar-refractivity contribution is 7.18. The summed E-state index contributed by atoms with van der Waals surface area (Å²) in [4.78, 5) is 21.3. The highest BCUT2D eigenvalue weighted by atomic mass is 32.1. The molecule has 2 N–H and O–H groups in total. The molecule has 0 bridgehead atoms. The van der Waals surface area contributed by atoms with E-state index in [0.717, 1.165) is 21.7 Å². The van der Waals surface area contributed by atoms with Crippen LogP contribution in [0, 0.1) is 26.2 Å². The second-order valence-corrected chi connectivity index (χ2v) is 5.69. The van der Waals surface area contributed by atoms with Gasteiger partial charge in [-0.1, -0.05) is 12.8 Å². The van der Waals surface area contributed by atoms with Crippen LogP contribution in [0.4, 0.5) is 0 Å². The molecule has 2 heterocycles. The SMILES string of the molecule is C#CC(CC)NCc1nc2sc(C)c(C)c2c(=O)[nH]1. The number of terminal acetylenes is 1. The Morgan fingerprint density at radius 3 is 2.89 bits per heavy atom. The second kappa shape index (κ2) is 5.55. The first-order valence-corrected chi connectivity index (χ1v) is 7.06. The summed E-state index contributed by atoms with van der Waals surface area (Å²) in [6.07, 6.45) is 6.24. The fourth-order valence-corrected chi connectivity index (χ4v) is 2.97. The third kappa shape index (κ3) is 2.70. The van der Waals surface area contributed by atoms with Crippen LogP contribution in [0.15, 0.2) is 4.79 Å². The van der Waals surface area contributed by atoms with E-state index in [-0.39, 0.29) is 11.6 Å². The molecule has 0 radical (unpaired) electrons. The molecule has 2 aromatic rings. The molecule has 5 heteroatoms. The predicted octanol–water partition coefficient (Wildman–Crippen LogP) is 2.10. The van der Waals surface area contributed by atoms with Crippen molar-refractivity contribution in [2.45, 2.75) is 39.8 Å². The number of aryl methyl sites for hydroxylation is 2. The van der Waals surface area contributed by atoms with Crippen LogP contribution < -0.4 is 10.9 Å². The van der Waals surface area contributed by atoms with Gasteiger partial charge in [0.05, 0.1) is 18.0 Å². The van der Waals surface area contributed by atoms with Crippen molar-refractivity contribution in [1.29, 1.82) is 0 Å². The Morgan fingerprint density at radius 1 is 1.53 bits per heavy atom. The first-order valence-electron chi connectivity index (χ1n) is 6.25. The minimum Gasteiger partial charge on any atom is -0.309 e. The smallest absolute Gasteiger partial charge is 0.259 e. The van der Waals surface area contributed by atoms with E-state index in [1.807, 2.05) is 20.8 Å².